The molecule has 11 heteroatoms. The molecule has 30 heavy (non-hydrogen) atoms. The van der Waals surface area contributed by atoms with E-state index in [4.69, 9.17) is 11.6 Å². The van der Waals surface area contributed by atoms with Gasteiger partial charge in [0.25, 0.3) is 0 Å². The molecule has 1 fully saturated rings. The first-order valence-electron chi connectivity index (χ1n) is 9.62. The second-order valence-corrected chi connectivity index (χ2v) is 8.54. The fraction of sp³-hybridized carbons (Fsp3) is 0.474. The molecule has 1 saturated heterocycles. The van der Waals surface area contributed by atoms with Gasteiger partial charge in [-0.1, -0.05) is 29.9 Å². The number of amides is 2. The standard InChI is InChI=1S/C19H23ClFN5O3S/c1-2-16-24-25-19(30-16)23-18(29)22-13(10-27)5-6-26-8-12(9-26)17(28)11-3-4-14(20)15(21)7-11/h3-4,7,12-13,27H,2,5-6,8-10H2,1H3,(H2,22,23,25,29)/t13-/m0/s1. The van der Waals surface area contributed by atoms with E-state index in [9.17, 15) is 19.1 Å². The van der Waals surface area contributed by atoms with Gasteiger partial charge >= 0.3 is 6.03 Å². The van der Waals surface area contributed by atoms with Crippen LogP contribution < -0.4 is 10.6 Å². The van der Waals surface area contributed by atoms with Gasteiger partial charge in [0.1, 0.15) is 10.8 Å². The van der Waals surface area contributed by atoms with Gasteiger partial charge in [0.2, 0.25) is 5.13 Å². The molecule has 3 N–H and O–H groups in total. The van der Waals surface area contributed by atoms with Gasteiger partial charge in [0.15, 0.2) is 5.78 Å². The molecule has 0 radical (unpaired) electrons. The molecule has 3 rings (SSSR count). The molecule has 2 amide bonds. The number of nitrogens with one attached hydrogen (secondary N) is 2. The van der Waals surface area contributed by atoms with Gasteiger partial charge in [-0.25, -0.2) is 9.18 Å². The first-order valence-corrected chi connectivity index (χ1v) is 10.8. The average molecular weight is 456 g/mol. The number of benzene rings is 1. The highest BCUT2D eigenvalue weighted by Crippen LogP contribution is 2.23. The van der Waals surface area contributed by atoms with Crippen LogP contribution in [0.3, 0.4) is 0 Å². The molecule has 1 aromatic heterocycles. The number of aromatic nitrogens is 2. The number of halogens is 2. The highest BCUT2D eigenvalue weighted by Gasteiger charge is 2.33. The summed E-state index contributed by atoms with van der Waals surface area (Å²) in [6.07, 6.45) is 1.27. The van der Waals surface area contributed by atoms with E-state index >= 15 is 0 Å². The smallest absolute Gasteiger partial charge is 0.321 e. The molecule has 0 bridgehead atoms. The molecule has 1 atom stereocenters. The maximum atomic E-state index is 13.5. The molecule has 2 heterocycles. The van der Waals surface area contributed by atoms with Crippen LogP contribution in [-0.4, -0.2) is 64.3 Å². The Labute approximate surface area is 182 Å². The Balaban J connectivity index is 1.40. The summed E-state index contributed by atoms with van der Waals surface area (Å²) in [6, 6.07) is 3.20. The van der Waals surface area contributed by atoms with Crippen LogP contribution in [0.15, 0.2) is 18.2 Å². The Morgan fingerprint density at radius 3 is 2.80 bits per heavy atom. The lowest BCUT2D eigenvalue weighted by Gasteiger charge is -2.39. The average Bonchev–Trinajstić information content (AvgIpc) is 3.15. The summed E-state index contributed by atoms with van der Waals surface area (Å²) >= 11 is 6.96. The van der Waals surface area contributed by atoms with E-state index in [-0.39, 0.29) is 23.3 Å². The Morgan fingerprint density at radius 1 is 1.40 bits per heavy atom. The molecule has 162 valence electrons. The Bertz CT molecular complexity index is 906. The van der Waals surface area contributed by atoms with Crippen LogP contribution in [0.4, 0.5) is 14.3 Å². The zero-order valence-electron chi connectivity index (χ0n) is 16.4. The monoisotopic (exact) mass is 455 g/mol. The zero-order valence-corrected chi connectivity index (χ0v) is 18.0. The van der Waals surface area contributed by atoms with Crippen LogP contribution in [0, 0.1) is 11.7 Å². The summed E-state index contributed by atoms with van der Waals surface area (Å²) in [5.74, 6) is -0.908. The number of ketones is 1. The van der Waals surface area contributed by atoms with Gasteiger partial charge in [0.05, 0.1) is 17.7 Å². The fourth-order valence-corrected chi connectivity index (χ4v) is 3.91. The third kappa shape index (κ3) is 5.72. The van der Waals surface area contributed by atoms with Crippen molar-refractivity contribution in [3.8, 4) is 0 Å². The van der Waals surface area contributed by atoms with Crippen LogP contribution >= 0.6 is 22.9 Å². The van der Waals surface area contributed by atoms with E-state index in [1.165, 1.54) is 29.5 Å². The van der Waals surface area contributed by atoms with Gasteiger partial charge in [-0.15, -0.1) is 10.2 Å². The second-order valence-electron chi connectivity index (χ2n) is 7.07. The molecular formula is C19H23ClFN5O3S. The normalized spacial score (nSPS) is 15.5. The van der Waals surface area contributed by atoms with E-state index in [0.29, 0.717) is 36.8 Å². The van der Waals surface area contributed by atoms with Crippen LogP contribution in [0.2, 0.25) is 5.02 Å². The molecule has 1 aliphatic heterocycles. The number of Topliss-reactive ketones (excluding diaryl/α,β-unsaturated/α-hetero) is 1. The Morgan fingerprint density at radius 2 is 2.17 bits per heavy atom. The quantitative estimate of drug-likeness (QED) is 0.502. The topological polar surface area (TPSA) is 107 Å². The first-order chi connectivity index (χ1) is 14.4. The summed E-state index contributed by atoms with van der Waals surface area (Å²) in [5.41, 5.74) is 0.316. The van der Waals surface area contributed by atoms with Gasteiger partial charge in [-0.05, 0) is 31.0 Å². The maximum absolute atomic E-state index is 13.5. The summed E-state index contributed by atoms with van der Waals surface area (Å²) in [7, 11) is 0. The van der Waals surface area contributed by atoms with Crippen molar-refractivity contribution in [3.63, 3.8) is 0 Å². The number of carbonyl (C=O) groups excluding carboxylic acids is 2. The van der Waals surface area contributed by atoms with E-state index in [1.807, 2.05) is 6.92 Å². The number of hydrogen-bond acceptors (Lipinski definition) is 7. The third-order valence-corrected chi connectivity index (χ3v) is 6.16. The Hall–Kier alpha value is -2.14. The lowest BCUT2D eigenvalue weighted by Crippen LogP contribution is -2.52. The van der Waals surface area contributed by atoms with E-state index < -0.39 is 17.9 Å². The number of rotatable bonds is 9. The molecule has 2 aromatic rings. The summed E-state index contributed by atoms with van der Waals surface area (Å²) in [4.78, 5) is 26.5. The van der Waals surface area contributed by atoms with Crippen molar-refractivity contribution >= 4 is 39.9 Å². The molecule has 0 spiro atoms. The van der Waals surface area contributed by atoms with E-state index in [0.717, 1.165) is 11.4 Å². The number of nitrogens with zero attached hydrogens (tertiary/aromatic N) is 3. The predicted octanol–water partition coefficient (Wildman–Crippen LogP) is 2.58. The number of aryl methyl sites for hydroxylation is 1. The van der Waals surface area contributed by atoms with Gasteiger partial charge in [0, 0.05) is 31.1 Å². The molecule has 8 nitrogen and oxygen atoms in total. The minimum absolute atomic E-state index is 0.00899. The summed E-state index contributed by atoms with van der Waals surface area (Å²) in [6.45, 7) is 3.47. The molecule has 1 aliphatic rings. The minimum Gasteiger partial charge on any atom is -0.394 e. The Kier molecular flexibility index (Phi) is 7.70. The van der Waals surface area contributed by atoms with E-state index in [2.05, 4.69) is 25.7 Å². The van der Waals surface area contributed by atoms with Crippen LogP contribution in [-0.2, 0) is 6.42 Å². The molecule has 0 aliphatic carbocycles. The van der Waals surface area contributed by atoms with Gasteiger partial charge in [-0.2, -0.15) is 0 Å². The lowest BCUT2D eigenvalue weighted by atomic mass is 9.90. The SMILES string of the molecule is CCc1nnc(NC(=O)N[C@H](CO)CCN2CC(C(=O)c3ccc(Cl)c(F)c3)C2)s1. The van der Waals surface area contributed by atoms with Gasteiger partial charge in [-0.3, -0.25) is 10.1 Å². The highest BCUT2D eigenvalue weighted by atomic mass is 35.5. The number of aliphatic hydroxyl groups is 1. The first kappa shape index (κ1) is 22.5. The van der Waals surface area contributed by atoms with Crippen molar-refractivity contribution < 1.29 is 19.1 Å². The molecule has 0 saturated carbocycles. The number of urea groups is 1. The maximum Gasteiger partial charge on any atom is 0.321 e. The van der Waals surface area contributed by atoms with E-state index in [1.54, 1.807) is 0 Å². The summed E-state index contributed by atoms with van der Waals surface area (Å²) in [5, 5.41) is 23.9. The zero-order chi connectivity index (χ0) is 21.7. The minimum atomic E-state index is -0.603. The van der Waals surface area contributed by atoms with Crippen molar-refractivity contribution in [2.45, 2.75) is 25.8 Å². The van der Waals surface area contributed by atoms with Crippen molar-refractivity contribution in [1.82, 2.24) is 20.4 Å². The third-order valence-electron chi connectivity index (χ3n) is 4.87. The molecule has 0 unspecified atom stereocenters. The van der Waals surface area contributed by atoms with Crippen LogP contribution in [0.1, 0.15) is 28.7 Å². The number of hydrogen-bond donors (Lipinski definition) is 3. The lowest BCUT2D eigenvalue weighted by molar-refractivity contribution is 0.0600. The summed E-state index contributed by atoms with van der Waals surface area (Å²) < 4.78 is 13.5. The number of likely N-dealkylation sites (tertiary alicyclic amines) is 1. The van der Waals surface area contributed by atoms with Gasteiger partial charge < -0.3 is 15.3 Å². The van der Waals surface area contributed by atoms with Crippen LogP contribution in [0.25, 0.3) is 0 Å². The van der Waals surface area contributed by atoms with Crippen molar-refractivity contribution in [1.29, 1.82) is 0 Å². The second kappa shape index (κ2) is 10.3. The number of anilines is 1. The van der Waals surface area contributed by atoms with Crippen LogP contribution in [0.5, 0.6) is 0 Å². The highest BCUT2D eigenvalue weighted by molar-refractivity contribution is 7.15. The largest absolute Gasteiger partial charge is 0.394 e. The number of carbonyl (C=O) groups is 2. The van der Waals surface area contributed by atoms with Crippen molar-refractivity contribution in [2.75, 3.05) is 31.6 Å². The van der Waals surface area contributed by atoms with Crippen molar-refractivity contribution in [2.24, 2.45) is 5.92 Å². The fourth-order valence-electron chi connectivity index (χ4n) is 3.12. The number of aliphatic hydroxyl groups excluding tert-OH is 1. The predicted molar refractivity (Wildman–Crippen MR) is 113 cm³/mol. The molecule has 1 aromatic carbocycles. The van der Waals surface area contributed by atoms with Crippen molar-refractivity contribution in [3.05, 3.63) is 39.6 Å². The molecular weight excluding hydrogens is 433 g/mol.